The molecular weight excluding hydrogens is 411 g/mol. The van der Waals surface area contributed by atoms with Gasteiger partial charge in [0, 0.05) is 18.1 Å². The summed E-state index contributed by atoms with van der Waals surface area (Å²) in [7, 11) is -3.86. The normalized spacial score (nSPS) is 14.6. The van der Waals surface area contributed by atoms with Crippen LogP contribution in [-0.4, -0.2) is 34.4 Å². The molecule has 1 aliphatic heterocycles. The Labute approximate surface area is 162 Å². The van der Waals surface area contributed by atoms with Gasteiger partial charge in [0.2, 0.25) is 0 Å². The van der Waals surface area contributed by atoms with Crippen molar-refractivity contribution >= 4 is 32.9 Å². The lowest BCUT2D eigenvalue weighted by atomic mass is 10.1. The molecule has 0 saturated carbocycles. The highest BCUT2D eigenvalue weighted by Crippen LogP contribution is 2.36. The van der Waals surface area contributed by atoms with Crippen molar-refractivity contribution in [2.75, 3.05) is 16.4 Å². The lowest BCUT2D eigenvalue weighted by Crippen LogP contribution is -2.26. The van der Waals surface area contributed by atoms with Crippen LogP contribution in [-0.2, 0) is 22.6 Å². The predicted molar refractivity (Wildman–Crippen MR) is 97.1 cm³/mol. The third kappa shape index (κ3) is 2.99. The number of hydrogen-bond acceptors (Lipinski definition) is 6. The zero-order chi connectivity index (χ0) is 21.1. The van der Waals surface area contributed by atoms with Gasteiger partial charge in [0.1, 0.15) is 5.65 Å². The Balaban J connectivity index is 1.90. The number of amides is 1. The number of anilines is 2. The monoisotopic (exact) mass is 425 g/mol. The minimum atomic E-state index is -4.66. The SMILES string of the molecule is CCS(=O)(=O)c1c(N2Cc3ncc(C(F)(F)F)cc3C2=O)nc2ccc(N)cn12. The molecule has 0 spiro atoms. The van der Waals surface area contributed by atoms with Gasteiger partial charge in [-0.05, 0) is 18.2 Å². The second-order valence-corrected chi connectivity index (χ2v) is 8.64. The summed E-state index contributed by atoms with van der Waals surface area (Å²) in [4.78, 5) is 21.8. The smallest absolute Gasteiger partial charge is 0.398 e. The van der Waals surface area contributed by atoms with Crippen LogP contribution < -0.4 is 10.6 Å². The number of alkyl halides is 3. The summed E-state index contributed by atoms with van der Waals surface area (Å²) in [5, 5.41) is -0.250. The molecule has 0 saturated heterocycles. The Morgan fingerprint density at radius 2 is 2.00 bits per heavy atom. The number of carbonyl (C=O) groups is 1. The van der Waals surface area contributed by atoms with E-state index in [1.807, 2.05) is 0 Å². The Bertz CT molecular complexity index is 1270. The van der Waals surface area contributed by atoms with Crippen LogP contribution in [0.2, 0.25) is 0 Å². The fourth-order valence-corrected chi connectivity index (χ4v) is 4.28. The van der Waals surface area contributed by atoms with Gasteiger partial charge < -0.3 is 5.73 Å². The molecule has 152 valence electrons. The van der Waals surface area contributed by atoms with E-state index in [9.17, 15) is 26.4 Å². The number of halogens is 3. The highest BCUT2D eigenvalue weighted by atomic mass is 32.2. The van der Waals surface area contributed by atoms with Crippen LogP contribution in [0.15, 0.2) is 35.6 Å². The molecule has 0 unspecified atom stereocenters. The highest BCUT2D eigenvalue weighted by molar-refractivity contribution is 7.91. The van der Waals surface area contributed by atoms with E-state index in [0.717, 1.165) is 4.90 Å². The molecule has 0 radical (unpaired) electrons. The highest BCUT2D eigenvalue weighted by Gasteiger charge is 2.39. The number of nitrogen functional groups attached to an aromatic ring is 1. The summed E-state index contributed by atoms with van der Waals surface area (Å²) >= 11 is 0. The van der Waals surface area contributed by atoms with E-state index in [1.54, 1.807) is 0 Å². The molecule has 8 nitrogen and oxygen atoms in total. The van der Waals surface area contributed by atoms with E-state index >= 15 is 0 Å². The van der Waals surface area contributed by atoms with Crippen LogP contribution in [0.3, 0.4) is 0 Å². The average Bonchev–Trinajstić information content (AvgIpc) is 3.18. The first kappa shape index (κ1) is 19.2. The van der Waals surface area contributed by atoms with Gasteiger partial charge in [0.05, 0.1) is 29.1 Å². The summed E-state index contributed by atoms with van der Waals surface area (Å²) in [6.07, 6.45) is -2.65. The lowest BCUT2D eigenvalue weighted by molar-refractivity contribution is -0.137. The first-order valence-corrected chi connectivity index (χ1v) is 10.1. The van der Waals surface area contributed by atoms with Crippen molar-refractivity contribution in [2.24, 2.45) is 0 Å². The van der Waals surface area contributed by atoms with E-state index in [4.69, 9.17) is 5.73 Å². The maximum absolute atomic E-state index is 13.0. The standard InChI is InChI=1S/C17H14F3N5O3S/c1-2-29(27,28)16-14(23-13-4-3-10(21)7-24(13)16)25-8-12-11(15(25)26)5-9(6-22-12)17(18,19)20/h3-7H,2,8,21H2,1H3. The van der Waals surface area contributed by atoms with Gasteiger partial charge in [0.15, 0.2) is 20.7 Å². The summed E-state index contributed by atoms with van der Waals surface area (Å²) in [5.74, 6) is -1.25. The van der Waals surface area contributed by atoms with Gasteiger partial charge in [-0.1, -0.05) is 6.92 Å². The van der Waals surface area contributed by atoms with Gasteiger partial charge in [0.25, 0.3) is 5.91 Å². The Kier molecular flexibility index (Phi) is 4.08. The first-order valence-electron chi connectivity index (χ1n) is 8.41. The van der Waals surface area contributed by atoms with E-state index in [1.165, 1.54) is 29.7 Å². The molecular formula is C17H14F3N5O3S. The van der Waals surface area contributed by atoms with Crippen molar-refractivity contribution in [3.05, 3.63) is 47.4 Å². The van der Waals surface area contributed by atoms with Gasteiger partial charge in [-0.25, -0.2) is 13.4 Å². The molecule has 3 aromatic heterocycles. The molecule has 0 bridgehead atoms. The number of nitrogens with zero attached hydrogens (tertiary/aromatic N) is 4. The number of sulfone groups is 1. The van der Waals surface area contributed by atoms with E-state index in [-0.39, 0.29) is 45.7 Å². The van der Waals surface area contributed by atoms with Crippen molar-refractivity contribution in [1.82, 2.24) is 14.4 Å². The van der Waals surface area contributed by atoms with Crippen molar-refractivity contribution in [1.29, 1.82) is 0 Å². The minimum Gasteiger partial charge on any atom is -0.398 e. The fourth-order valence-electron chi connectivity index (χ4n) is 3.13. The number of rotatable bonds is 3. The zero-order valence-corrected chi connectivity index (χ0v) is 15.8. The Hall–Kier alpha value is -3.15. The van der Waals surface area contributed by atoms with Gasteiger partial charge in [-0.2, -0.15) is 13.2 Å². The number of pyridine rings is 2. The summed E-state index contributed by atoms with van der Waals surface area (Å²) < 4.78 is 65.6. The molecule has 0 aromatic carbocycles. The molecule has 0 aliphatic carbocycles. The molecule has 0 fully saturated rings. The number of aromatic nitrogens is 3. The average molecular weight is 425 g/mol. The van der Waals surface area contributed by atoms with Crippen LogP contribution in [0.5, 0.6) is 0 Å². The topological polar surface area (TPSA) is 111 Å². The first-order chi connectivity index (χ1) is 13.5. The molecule has 1 amide bonds. The van der Waals surface area contributed by atoms with E-state index in [2.05, 4.69) is 9.97 Å². The third-order valence-electron chi connectivity index (χ3n) is 4.59. The molecule has 1 aliphatic rings. The second kappa shape index (κ2) is 6.17. The number of imidazole rings is 1. The fraction of sp³-hybridized carbons (Fsp3) is 0.235. The quantitative estimate of drug-likeness (QED) is 0.689. The molecule has 29 heavy (non-hydrogen) atoms. The molecule has 3 aromatic rings. The summed E-state index contributed by atoms with van der Waals surface area (Å²) in [6.45, 7) is 1.24. The zero-order valence-electron chi connectivity index (χ0n) is 14.9. The van der Waals surface area contributed by atoms with Gasteiger partial charge in [-0.15, -0.1) is 0 Å². The van der Waals surface area contributed by atoms with Crippen LogP contribution in [0.25, 0.3) is 5.65 Å². The molecule has 12 heteroatoms. The van der Waals surface area contributed by atoms with Gasteiger partial charge in [-0.3, -0.25) is 19.1 Å². The van der Waals surface area contributed by atoms with E-state index in [0.29, 0.717) is 12.3 Å². The molecule has 4 rings (SSSR count). The van der Waals surface area contributed by atoms with Crippen LogP contribution in [0.1, 0.15) is 28.5 Å². The van der Waals surface area contributed by atoms with Gasteiger partial charge >= 0.3 is 6.18 Å². The number of hydrogen-bond donors (Lipinski definition) is 1. The minimum absolute atomic E-state index is 0.111. The van der Waals surface area contributed by atoms with Crippen molar-refractivity contribution in [2.45, 2.75) is 24.7 Å². The maximum atomic E-state index is 13.0. The van der Waals surface area contributed by atoms with Crippen molar-refractivity contribution in [3.8, 4) is 0 Å². The summed E-state index contributed by atoms with van der Waals surface area (Å²) in [6, 6.07) is 3.72. The summed E-state index contributed by atoms with van der Waals surface area (Å²) in [5.41, 5.74) is 5.07. The largest absolute Gasteiger partial charge is 0.417 e. The molecule has 2 N–H and O–H groups in total. The maximum Gasteiger partial charge on any atom is 0.417 e. The second-order valence-electron chi connectivity index (χ2n) is 6.44. The molecule has 4 heterocycles. The third-order valence-corrected chi connectivity index (χ3v) is 6.32. The van der Waals surface area contributed by atoms with Crippen molar-refractivity contribution < 1.29 is 26.4 Å². The van der Waals surface area contributed by atoms with E-state index < -0.39 is 27.5 Å². The molecule has 0 atom stereocenters. The van der Waals surface area contributed by atoms with Crippen LogP contribution in [0, 0.1) is 0 Å². The van der Waals surface area contributed by atoms with Crippen molar-refractivity contribution in [3.63, 3.8) is 0 Å². The van der Waals surface area contributed by atoms with Crippen LogP contribution >= 0.6 is 0 Å². The number of nitrogens with two attached hydrogens (primary N) is 1. The van der Waals surface area contributed by atoms with Crippen LogP contribution in [0.4, 0.5) is 24.7 Å². The Morgan fingerprint density at radius 1 is 1.28 bits per heavy atom. The number of fused-ring (bicyclic) bond motifs is 2. The Morgan fingerprint density at radius 3 is 2.66 bits per heavy atom. The number of carbonyl (C=O) groups excluding carboxylic acids is 1. The predicted octanol–water partition coefficient (Wildman–Crippen LogP) is 2.28. The lowest BCUT2D eigenvalue weighted by Gasteiger charge is -2.14.